The molecule has 0 aromatic heterocycles. The van der Waals surface area contributed by atoms with Crippen LogP contribution in [0.5, 0.6) is 0 Å². The van der Waals surface area contributed by atoms with Crippen molar-refractivity contribution in [3.63, 3.8) is 0 Å². The van der Waals surface area contributed by atoms with Gasteiger partial charge in [-0.15, -0.1) is 0 Å². The van der Waals surface area contributed by atoms with Gasteiger partial charge >= 0.3 is 5.97 Å². The third-order valence-electron chi connectivity index (χ3n) is 3.58. The first-order valence-electron chi connectivity index (χ1n) is 6.40. The van der Waals surface area contributed by atoms with Crippen LogP contribution in [0.4, 0.5) is 4.39 Å². The van der Waals surface area contributed by atoms with Crippen molar-refractivity contribution in [1.29, 1.82) is 0 Å². The molecule has 1 heterocycles. The van der Waals surface area contributed by atoms with E-state index < -0.39 is 17.8 Å². The molecule has 1 saturated heterocycles. The summed E-state index contributed by atoms with van der Waals surface area (Å²) in [5.41, 5.74) is 1.13. The maximum Gasteiger partial charge on any atom is 0.325 e. The van der Waals surface area contributed by atoms with Gasteiger partial charge in [-0.2, -0.15) is 0 Å². The normalized spacial score (nSPS) is 19.3. The van der Waals surface area contributed by atoms with Gasteiger partial charge in [-0.05, 0) is 20.0 Å². The minimum Gasteiger partial charge on any atom is -0.480 e. The van der Waals surface area contributed by atoms with Crippen LogP contribution in [0.3, 0.4) is 0 Å². The Morgan fingerprint density at radius 3 is 2.53 bits per heavy atom. The number of carboxylic acid groups (broad SMARTS) is 1. The first-order valence-corrected chi connectivity index (χ1v) is 6.40. The van der Waals surface area contributed by atoms with Crippen molar-refractivity contribution in [2.75, 3.05) is 33.2 Å². The number of hydrogen-bond acceptors (Lipinski definition) is 3. The molecule has 1 atom stereocenters. The minimum atomic E-state index is -0.992. The van der Waals surface area contributed by atoms with Gasteiger partial charge < -0.3 is 10.0 Å². The average molecular weight is 266 g/mol. The average Bonchev–Trinajstić information content (AvgIpc) is 2.36. The molecule has 0 amide bonds. The summed E-state index contributed by atoms with van der Waals surface area (Å²) in [6, 6.07) is 3.73. The quantitative estimate of drug-likeness (QED) is 0.900. The number of benzene rings is 1. The summed E-state index contributed by atoms with van der Waals surface area (Å²) < 4.78 is 13.9. The number of hydrogen-bond donors (Lipinski definition) is 1. The smallest absolute Gasteiger partial charge is 0.325 e. The maximum atomic E-state index is 13.9. The van der Waals surface area contributed by atoms with Crippen LogP contribution in [0, 0.1) is 12.7 Å². The predicted octanol–water partition coefficient (Wildman–Crippen LogP) is 1.51. The van der Waals surface area contributed by atoms with E-state index in [2.05, 4.69) is 4.90 Å². The molecule has 1 aliphatic heterocycles. The molecule has 19 heavy (non-hydrogen) atoms. The van der Waals surface area contributed by atoms with Crippen LogP contribution in [-0.4, -0.2) is 54.1 Å². The van der Waals surface area contributed by atoms with Gasteiger partial charge in [-0.1, -0.05) is 17.7 Å². The second-order valence-electron chi connectivity index (χ2n) is 5.10. The zero-order valence-electron chi connectivity index (χ0n) is 11.3. The van der Waals surface area contributed by atoms with Crippen LogP contribution in [0.2, 0.25) is 0 Å². The van der Waals surface area contributed by atoms with E-state index in [4.69, 9.17) is 0 Å². The van der Waals surface area contributed by atoms with Crippen molar-refractivity contribution in [2.24, 2.45) is 0 Å². The van der Waals surface area contributed by atoms with Crippen molar-refractivity contribution < 1.29 is 14.3 Å². The van der Waals surface area contributed by atoms with E-state index in [0.29, 0.717) is 13.1 Å². The molecule has 1 aromatic rings. The van der Waals surface area contributed by atoms with Crippen molar-refractivity contribution in [3.8, 4) is 0 Å². The molecule has 1 aliphatic rings. The van der Waals surface area contributed by atoms with Crippen LogP contribution < -0.4 is 0 Å². The molecular weight excluding hydrogens is 247 g/mol. The summed E-state index contributed by atoms with van der Waals surface area (Å²) in [4.78, 5) is 15.5. The van der Waals surface area contributed by atoms with Gasteiger partial charge in [0.2, 0.25) is 0 Å². The third kappa shape index (κ3) is 3.11. The van der Waals surface area contributed by atoms with Crippen molar-refractivity contribution in [1.82, 2.24) is 9.80 Å². The summed E-state index contributed by atoms with van der Waals surface area (Å²) >= 11 is 0. The highest BCUT2D eigenvalue weighted by Crippen LogP contribution is 2.25. The topological polar surface area (TPSA) is 43.8 Å². The van der Waals surface area contributed by atoms with E-state index in [1.165, 1.54) is 6.07 Å². The van der Waals surface area contributed by atoms with Crippen molar-refractivity contribution in [3.05, 3.63) is 35.1 Å². The predicted molar refractivity (Wildman–Crippen MR) is 70.6 cm³/mol. The van der Waals surface area contributed by atoms with Gasteiger partial charge in [0.15, 0.2) is 0 Å². The Bertz CT molecular complexity index is 471. The van der Waals surface area contributed by atoms with Crippen molar-refractivity contribution in [2.45, 2.75) is 13.0 Å². The molecule has 1 unspecified atom stereocenters. The Hall–Kier alpha value is -1.46. The van der Waals surface area contributed by atoms with Crippen LogP contribution >= 0.6 is 0 Å². The minimum absolute atomic E-state index is 0.261. The number of nitrogens with zero attached hydrogens (tertiary/aromatic N) is 2. The maximum absolute atomic E-state index is 13.9. The van der Waals surface area contributed by atoms with Crippen LogP contribution in [0.1, 0.15) is 17.2 Å². The lowest BCUT2D eigenvalue weighted by molar-refractivity contribution is -0.144. The van der Waals surface area contributed by atoms with Crippen LogP contribution in [-0.2, 0) is 4.79 Å². The number of carboxylic acids is 1. The molecule has 0 saturated carbocycles. The highest BCUT2D eigenvalue weighted by Gasteiger charge is 2.31. The lowest BCUT2D eigenvalue weighted by Crippen LogP contribution is -2.48. The lowest BCUT2D eigenvalue weighted by Gasteiger charge is -2.36. The fourth-order valence-electron chi connectivity index (χ4n) is 2.44. The zero-order chi connectivity index (χ0) is 14.0. The standard InChI is InChI=1S/C14H19FN2O2/c1-10-3-4-12(15)11(9-10)13(14(18)19)17-7-5-16(2)6-8-17/h3-4,9,13H,5-8H2,1-2H3,(H,18,19). The Morgan fingerprint density at radius 1 is 1.32 bits per heavy atom. The number of aryl methyl sites for hydroxylation is 1. The molecule has 2 rings (SSSR count). The zero-order valence-corrected chi connectivity index (χ0v) is 11.3. The fourth-order valence-corrected chi connectivity index (χ4v) is 2.44. The second-order valence-corrected chi connectivity index (χ2v) is 5.10. The number of aliphatic carboxylic acids is 1. The monoisotopic (exact) mass is 266 g/mol. The van der Waals surface area contributed by atoms with E-state index in [9.17, 15) is 14.3 Å². The number of likely N-dealkylation sites (N-methyl/N-ethyl adjacent to an activating group) is 1. The van der Waals surface area contributed by atoms with Gasteiger partial charge in [0.25, 0.3) is 0 Å². The SMILES string of the molecule is Cc1ccc(F)c(C(C(=O)O)N2CCN(C)CC2)c1. The molecule has 0 bridgehead atoms. The molecule has 0 aliphatic carbocycles. The van der Waals surface area contributed by atoms with Gasteiger partial charge in [0.05, 0.1) is 0 Å². The molecular formula is C14H19FN2O2. The summed E-state index contributed by atoms with van der Waals surface area (Å²) in [5, 5.41) is 9.44. The molecule has 0 spiro atoms. The van der Waals surface area contributed by atoms with E-state index >= 15 is 0 Å². The van der Waals surface area contributed by atoms with Crippen LogP contribution in [0.15, 0.2) is 18.2 Å². The molecule has 1 fully saturated rings. The number of carbonyl (C=O) groups is 1. The largest absolute Gasteiger partial charge is 0.480 e. The van der Waals surface area contributed by atoms with Crippen LogP contribution in [0.25, 0.3) is 0 Å². The molecule has 0 radical (unpaired) electrons. The van der Waals surface area contributed by atoms with Gasteiger partial charge in [-0.3, -0.25) is 9.69 Å². The van der Waals surface area contributed by atoms with E-state index in [-0.39, 0.29) is 5.56 Å². The van der Waals surface area contributed by atoms with Crippen molar-refractivity contribution >= 4 is 5.97 Å². The Balaban J connectivity index is 2.30. The molecule has 4 nitrogen and oxygen atoms in total. The van der Waals surface area contributed by atoms with Gasteiger partial charge in [0, 0.05) is 31.7 Å². The lowest BCUT2D eigenvalue weighted by atomic mass is 10.0. The van der Waals surface area contributed by atoms with E-state index in [1.54, 1.807) is 12.1 Å². The molecule has 5 heteroatoms. The first-order chi connectivity index (χ1) is 8.99. The van der Waals surface area contributed by atoms with Gasteiger partial charge in [0.1, 0.15) is 11.9 Å². The second kappa shape index (κ2) is 5.67. The molecule has 1 aromatic carbocycles. The Labute approximate surface area is 112 Å². The molecule has 1 N–H and O–H groups in total. The summed E-state index contributed by atoms with van der Waals surface area (Å²) in [6.45, 7) is 4.72. The Kier molecular flexibility index (Phi) is 4.17. The highest BCUT2D eigenvalue weighted by molar-refractivity contribution is 5.75. The molecule has 104 valence electrons. The number of rotatable bonds is 3. The van der Waals surface area contributed by atoms with E-state index in [1.807, 2.05) is 18.9 Å². The first kappa shape index (κ1) is 14.0. The van der Waals surface area contributed by atoms with Gasteiger partial charge in [-0.25, -0.2) is 4.39 Å². The number of halogens is 1. The third-order valence-corrected chi connectivity index (χ3v) is 3.58. The fraction of sp³-hybridized carbons (Fsp3) is 0.500. The summed E-state index contributed by atoms with van der Waals surface area (Å²) in [7, 11) is 2.00. The summed E-state index contributed by atoms with van der Waals surface area (Å²) in [5.74, 6) is -1.44. The Morgan fingerprint density at radius 2 is 1.95 bits per heavy atom. The summed E-state index contributed by atoms with van der Waals surface area (Å²) in [6.07, 6.45) is 0. The highest BCUT2D eigenvalue weighted by atomic mass is 19.1. The van der Waals surface area contributed by atoms with E-state index in [0.717, 1.165) is 18.7 Å². The number of piperazine rings is 1.